The average molecular weight is 614 g/mol. The van der Waals surface area contributed by atoms with Gasteiger partial charge in [0.05, 0.1) is 0 Å². The second kappa shape index (κ2) is 11.8. The molecule has 1 heterocycles. The van der Waals surface area contributed by atoms with Crippen LogP contribution in [-0.2, 0) is 0 Å². The van der Waals surface area contributed by atoms with Crippen molar-refractivity contribution in [1.29, 1.82) is 0 Å². The molecule has 2 nitrogen and oxygen atoms in total. The lowest BCUT2D eigenvalue weighted by Crippen LogP contribution is -2.10. The largest absolute Gasteiger partial charge is 0.456 e. The molecule has 0 N–H and O–H groups in total. The van der Waals surface area contributed by atoms with E-state index in [1.54, 1.807) is 0 Å². The van der Waals surface area contributed by atoms with Gasteiger partial charge in [-0.3, -0.25) is 0 Å². The van der Waals surface area contributed by atoms with Gasteiger partial charge in [0.25, 0.3) is 0 Å². The first-order valence-electron chi connectivity index (χ1n) is 16.3. The number of para-hydroxylation sites is 1. The normalized spacial score (nSPS) is 11.5. The molecule has 0 saturated carbocycles. The molecule has 226 valence electrons. The number of ether oxygens (including phenoxy) is 1. The van der Waals surface area contributed by atoms with Crippen molar-refractivity contribution in [3.05, 3.63) is 188 Å². The Bertz CT molecular complexity index is 2310. The number of hydrogen-bond acceptors (Lipinski definition) is 2. The Morgan fingerprint density at radius 3 is 1.44 bits per heavy atom. The molecule has 1 aliphatic rings. The highest BCUT2D eigenvalue weighted by molar-refractivity contribution is 6.06. The molecule has 0 unspecified atom stereocenters. The fourth-order valence-corrected chi connectivity index (χ4v) is 6.94. The molecule has 0 saturated heterocycles. The summed E-state index contributed by atoms with van der Waals surface area (Å²) in [5.74, 6) is 1.74. The Labute approximate surface area is 280 Å². The molecule has 48 heavy (non-hydrogen) atoms. The minimum absolute atomic E-state index is 0.864. The van der Waals surface area contributed by atoms with E-state index in [-0.39, 0.29) is 0 Å². The Kier molecular flexibility index (Phi) is 6.84. The molecule has 0 aliphatic carbocycles. The third-order valence-corrected chi connectivity index (χ3v) is 9.28. The van der Waals surface area contributed by atoms with Gasteiger partial charge < -0.3 is 9.64 Å². The summed E-state index contributed by atoms with van der Waals surface area (Å²) in [6.07, 6.45) is 0. The van der Waals surface area contributed by atoms with Crippen LogP contribution in [0.15, 0.2) is 188 Å². The fraction of sp³-hybridized carbons (Fsp3) is 0. The lowest BCUT2D eigenvalue weighted by molar-refractivity contribution is 0.488. The van der Waals surface area contributed by atoms with Gasteiger partial charge in [-0.05, 0) is 92.7 Å². The maximum atomic E-state index is 6.66. The number of benzene rings is 8. The lowest BCUT2D eigenvalue weighted by Gasteiger charge is -2.27. The molecular weight excluding hydrogens is 583 g/mol. The van der Waals surface area contributed by atoms with Crippen molar-refractivity contribution >= 4 is 27.8 Å². The summed E-state index contributed by atoms with van der Waals surface area (Å²) < 4.78 is 6.66. The second-order valence-electron chi connectivity index (χ2n) is 12.1. The van der Waals surface area contributed by atoms with Gasteiger partial charge in [0.1, 0.15) is 11.5 Å². The first-order valence-corrected chi connectivity index (χ1v) is 16.3. The topological polar surface area (TPSA) is 12.5 Å². The second-order valence-corrected chi connectivity index (χ2v) is 12.1. The minimum Gasteiger partial charge on any atom is -0.456 e. The summed E-state index contributed by atoms with van der Waals surface area (Å²) in [6, 6.07) is 66.8. The predicted molar refractivity (Wildman–Crippen MR) is 200 cm³/mol. The number of rotatable bonds is 5. The first-order chi connectivity index (χ1) is 23.8. The van der Waals surface area contributed by atoms with Gasteiger partial charge in [-0.15, -0.1) is 0 Å². The van der Waals surface area contributed by atoms with Crippen molar-refractivity contribution in [1.82, 2.24) is 0 Å². The molecule has 8 aromatic carbocycles. The number of anilines is 3. The Morgan fingerprint density at radius 1 is 0.333 bits per heavy atom. The van der Waals surface area contributed by atoms with Crippen molar-refractivity contribution in [2.24, 2.45) is 0 Å². The highest BCUT2D eigenvalue weighted by Crippen LogP contribution is 2.50. The maximum Gasteiger partial charge on any atom is 0.135 e. The summed E-state index contributed by atoms with van der Waals surface area (Å²) in [5.41, 5.74) is 12.6. The highest BCUT2D eigenvalue weighted by Gasteiger charge is 2.23. The van der Waals surface area contributed by atoms with Crippen molar-refractivity contribution < 1.29 is 4.74 Å². The van der Waals surface area contributed by atoms with Crippen molar-refractivity contribution in [3.63, 3.8) is 0 Å². The smallest absolute Gasteiger partial charge is 0.135 e. The SMILES string of the molecule is c1ccc(-c2ccc(N(c3ccc(-c4ccccc4)cc3)c3ccc4ccc5c(c4c3)-c3ccccc3-c3ccccc3O5)cc2)cc1. The van der Waals surface area contributed by atoms with E-state index in [1.165, 1.54) is 38.8 Å². The molecule has 9 rings (SSSR count). The van der Waals surface area contributed by atoms with Gasteiger partial charge >= 0.3 is 0 Å². The molecule has 1 aliphatic heterocycles. The fourth-order valence-electron chi connectivity index (χ4n) is 6.94. The monoisotopic (exact) mass is 613 g/mol. The van der Waals surface area contributed by atoms with Crippen LogP contribution < -0.4 is 9.64 Å². The van der Waals surface area contributed by atoms with E-state index in [9.17, 15) is 0 Å². The summed E-state index contributed by atoms with van der Waals surface area (Å²) in [6.45, 7) is 0. The van der Waals surface area contributed by atoms with Crippen LogP contribution in [0.1, 0.15) is 0 Å². The van der Waals surface area contributed by atoms with Gasteiger partial charge in [0.15, 0.2) is 0 Å². The quantitative estimate of drug-likeness (QED) is 0.191. The van der Waals surface area contributed by atoms with Crippen LogP contribution in [0.25, 0.3) is 55.3 Å². The van der Waals surface area contributed by atoms with E-state index in [0.717, 1.165) is 45.1 Å². The minimum atomic E-state index is 0.864. The van der Waals surface area contributed by atoms with Crippen LogP contribution in [0.4, 0.5) is 17.1 Å². The molecule has 0 fully saturated rings. The third-order valence-electron chi connectivity index (χ3n) is 9.28. The van der Waals surface area contributed by atoms with Crippen LogP contribution in [0.3, 0.4) is 0 Å². The van der Waals surface area contributed by atoms with E-state index in [2.05, 4.69) is 187 Å². The van der Waals surface area contributed by atoms with Gasteiger partial charge in [0, 0.05) is 28.2 Å². The average Bonchev–Trinajstić information content (AvgIpc) is 3.31. The van der Waals surface area contributed by atoms with Crippen LogP contribution >= 0.6 is 0 Å². The molecule has 0 aromatic heterocycles. The summed E-state index contributed by atoms with van der Waals surface area (Å²) in [7, 11) is 0. The highest BCUT2D eigenvalue weighted by atomic mass is 16.5. The Balaban J connectivity index is 1.22. The van der Waals surface area contributed by atoms with Gasteiger partial charge in [-0.2, -0.15) is 0 Å². The van der Waals surface area contributed by atoms with Gasteiger partial charge in [0.2, 0.25) is 0 Å². The Morgan fingerprint density at radius 2 is 0.812 bits per heavy atom. The molecular formula is C46H31NO. The van der Waals surface area contributed by atoms with Gasteiger partial charge in [-0.1, -0.05) is 140 Å². The molecule has 0 atom stereocenters. The van der Waals surface area contributed by atoms with E-state index < -0.39 is 0 Å². The Hall–Kier alpha value is -6.38. The van der Waals surface area contributed by atoms with Crippen molar-refractivity contribution in [2.75, 3.05) is 4.90 Å². The van der Waals surface area contributed by atoms with E-state index in [1.807, 2.05) is 6.07 Å². The number of hydrogen-bond donors (Lipinski definition) is 0. The zero-order valence-electron chi connectivity index (χ0n) is 26.3. The molecule has 0 spiro atoms. The van der Waals surface area contributed by atoms with E-state index in [4.69, 9.17) is 4.74 Å². The number of nitrogens with zero attached hydrogens (tertiary/aromatic N) is 1. The molecule has 0 amide bonds. The van der Waals surface area contributed by atoms with Crippen molar-refractivity contribution in [3.8, 4) is 56.0 Å². The molecule has 0 radical (unpaired) electrons. The molecule has 2 heteroatoms. The summed E-state index contributed by atoms with van der Waals surface area (Å²) in [4.78, 5) is 2.35. The predicted octanol–water partition coefficient (Wildman–Crippen LogP) is 13.1. The van der Waals surface area contributed by atoms with Gasteiger partial charge in [-0.25, -0.2) is 0 Å². The first kappa shape index (κ1) is 27.9. The van der Waals surface area contributed by atoms with E-state index in [0.29, 0.717) is 0 Å². The zero-order valence-corrected chi connectivity index (χ0v) is 26.3. The van der Waals surface area contributed by atoms with Crippen LogP contribution in [0, 0.1) is 0 Å². The summed E-state index contributed by atoms with van der Waals surface area (Å²) >= 11 is 0. The summed E-state index contributed by atoms with van der Waals surface area (Å²) in [5, 5.41) is 2.32. The van der Waals surface area contributed by atoms with Crippen molar-refractivity contribution in [2.45, 2.75) is 0 Å². The maximum absolute atomic E-state index is 6.66. The van der Waals surface area contributed by atoms with E-state index >= 15 is 0 Å². The van der Waals surface area contributed by atoms with Crippen LogP contribution in [0.5, 0.6) is 11.5 Å². The van der Waals surface area contributed by atoms with Crippen LogP contribution in [-0.4, -0.2) is 0 Å². The lowest BCUT2D eigenvalue weighted by atomic mass is 9.91. The molecule has 0 bridgehead atoms. The standard InChI is InChI=1S/C46H31NO/c1-3-11-32(12-4-1)34-19-25-37(26-20-34)47(38-27-21-35(22-28-38)33-13-5-2-6-14-33)39-29-23-36-24-30-45-46(43(36)31-39)42-17-8-7-15-40(42)41-16-9-10-18-44(41)48-45/h1-31H. The van der Waals surface area contributed by atoms with Crippen LogP contribution in [0.2, 0.25) is 0 Å². The molecule has 8 aromatic rings. The zero-order chi connectivity index (χ0) is 31.9. The third kappa shape index (κ3) is 4.92. The number of fused-ring (bicyclic) bond motifs is 7.